The van der Waals surface area contributed by atoms with E-state index in [2.05, 4.69) is 0 Å². The lowest BCUT2D eigenvalue weighted by molar-refractivity contribution is -0.146. The van der Waals surface area contributed by atoms with Crippen molar-refractivity contribution in [3.63, 3.8) is 0 Å². The number of hydrogen-bond acceptors (Lipinski definition) is 5. The van der Waals surface area contributed by atoms with Crippen LogP contribution in [0.5, 0.6) is 0 Å². The number of esters is 1. The summed E-state index contributed by atoms with van der Waals surface area (Å²) in [6.45, 7) is 0.895. The number of carbonyl (C=O) groups is 2. The van der Waals surface area contributed by atoms with E-state index in [4.69, 9.17) is 4.74 Å². The highest BCUT2D eigenvalue weighted by atomic mass is 32.2. The van der Waals surface area contributed by atoms with Crippen LogP contribution in [-0.4, -0.2) is 63.8 Å². The molecule has 1 amide bonds. The summed E-state index contributed by atoms with van der Waals surface area (Å²) in [5.74, 6) is -0.658. The van der Waals surface area contributed by atoms with Gasteiger partial charge in [-0.3, -0.25) is 9.59 Å². The van der Waals surface area contributed by atoms with Crippen LogP contribution in [0.3, 0.4) is 0 Å². The maximum atomic E-state index is 12.6. The fourth-order valence-electron chi connectivity index (χ4n) is 2.67. The molecule has 1 aliphatic rings. The molecule has 1 aliphatic heterocycles. The summed E-state index contributed by atoms with van der Waals surface area (Å²) in [4.78, 5) is 25.9. The average Bonchev–Trinajstić information content (AvgIpc) is 2.60. The van der Waals surface area contributed by atoms with Crippen LogP contribution >= 0.6 is 0 Å². The largest absolute Gasteiger partial charge is 0.469 e. The summed E-state index contributed by atoms with van der Waals surface area (Å²) >= 11 is 0. The molecule has 0 aromatic heterocycles. The number of rotatable bonds is 4. The van der Waals surface area contributed by atoms with Gasteiger partial charge in [-0.25, -0.2) is 12.7 Å². The van der Waals surface area contributed by atoms with Gasteiger partial charge in [0.15, 0.2) is 0 Å². The average molecular weight is 354 g/mol. The van der Waals surface area contributed by atoms with Crippen LogP contribution in [0.15, 0.2) is 29.2 Å². The second kappa shape index (κ2) is 7.31. The van der Waals surface area contributed by atoms with Crippen LogP contribution in [0.25, 0.3) is 0 Å². The van der Waals surface area contributed by atoms with Gasteiger partial charge in [0.1, 0.15) is 0 Å². The van der Waals surface area contributed by atoms with Crippen molar-refractivity contribution in [1.29, 1.82) is 0 Å². The smallest absolute Gasteiger partial charge is 0.308 e. The Morgan fingerprint density at radius 2 is 1.83 bits per heavy atom. The van der Waals surface area contributed by atoms with E-state index in [-0.39, 0.29) is 22.7 Å². The normalized spacial score (nSPS) is 16.2. The monoisotopic (exact) mass is 354 g/mol. The molecule has 0 bridgehead atoms. The minimum Gasteiger partial charge on any atom is -0.469 e. The van der Waals surface area contributed by atoms with Crippen LogP contribution in [0.1, 0.15) is 23.2 Å². The van der Waals surface area contributed by atoms with Gasteiger partial charge in [0.25, 0.3) is 5.91 Å². The predicted octanol–water partition coefficient (Wildman–Crippen LogP) is 0.962. The molecule has 0 atom stereocenters. The van der Waals surface area contributed by atoms with Gasteiger partial charge >= 0.3 is 5.97 Å². The van der Waals surface area contributed by atoms with Gasteiger partial charge in [0.2, 0.25) is 10.0 Å². The lowest BCUT2D eigenvalue weighted by Crippen LogP contribution is -2.40. The van der Waals surface area contributed by atoms with Crippen molar-refractivity contribution in [2.75, 3.05) is 34.3 Å². The molecule has 1 aromatic rings. The van der Waals surface area contributed by atoms with E-state index in [9.17, 15) is 18.0 Å². The highest BCUT2D eigenvalue weighted by Crippen LogP contribution is 2.21. The number of carbonyl (C=O) groups excluding carboxylic acids is 2. The lowest BCUT2D eigenvalue weighted by atomic mass is 9.96. The first-order valence-corrected chi connectivity index (χ1v) is 9.11. The van der Waals surface area contributed by atoms with Crippen molar-refractivity contribution in [3.8, 4) is 0 Å². The zero-order chi connectivity index (χ0) is 17.9. The fraction of sp³-hybridized carbons (Fsp3) is 0.500. The van der Waals surface area contributed by atoms with E-state index in [1.54, 1.807) is 17.0 Å². The van der Waals surface area contributed by atoms with Crippen molar-refractivity contribution >= 4 is 21.9 Å². The Kier molecular flexibility index (Phi) is 5.61. The Labute approximate surface area is 142 Å². The van der Waals surface area contributed by atoms with Gasteiger partial charge in [-0.15, -0.1) is 0 Å². The quantitative estimate of drug-likeness (QED) is 0.752. The van der Waals surface area contributed by atoms with Crippen molar-refractivity contribution < 1.29 is 22.7 Å². The lowest BCUT2D eigenvalue weighted by Gasteiger charge is -2.30. The fourth-order valence-corrected chi connectivity index (χ4v) is 3.62. The molecule has 1 saturated heterocycles. The highest BCUT2D eigenvalue weighted by molar-refractivity contribution is 7.89. The molecule has 1 heterocycles. The maximum absolute atomic E-state index is 12.6. The molecule has 24 heavy (non-hydrogen) atoms. The summed E-state index contributed by atoms with van der Waals surface area (Å²) in [6, 6.07) is 6.02. The van der Waals surface area contributed by atoms with E-state index >= 15 is 0 Å². The van der Waals surface area contributed by atoms with Gasteiger partial charge in [-0.05, 0) is 31.0 Å². The van der Waals surface area contributed by atoms with Crippen LogP contribution in [0.2, 0.25) is 0 Å². The van der Waals surface area contributed by atoms with Crippen LogP contribution in [0, 0.1) is 5.92 Å². The van der Waals surface area contributed by atoms with Crippen molar-refractivity contribution in [3.05, 3.63) is 29.8 Å². The number of methoxy groups -OCH3 is 1. The Morgan fingerprint density at radius 1 is 1.21 bits per heavy atom. The summed E-state index contributed by atoms with van der Waals surface area (Å²) in [6.07, 6.45) is 1.10. The van der Waals surface area contributed by atoms with E-state index < -0.39 is 10.0 Å². The number of amides is 1. The molecule has 0 aliphatic carbocycles. The van der Waals surface area contributed by atoms with Gasteiger partial charge < -0.3 is 9.64 Å². The van der Waals surface area contributed by atoms with Gasteiger partial charge in [-0.2, -0.15) is 0 Å². The Balaban J connectivity index is 2.13. The first kappa shape index (κ1) is 18.4. The molecular formula is C16H22N2O5S. The van der Waals surface area contributed by atoms with E-state index in [0.29, 0.717) is 31.5 Å². The number of piperidine rings is 1. The van der Waals surface area contributed by atoms with E-state index in [0.717, 1.165) is 4.31 Å². The summed E-state index contributed by atoms with van der Waals surface area (Å²) < 4.78 is 30.2. The molecule has 0 N–H and O–H groups in total. The highest BCUT2D eigenvalue weighted by Gasteiger charge is 2.29. The standard InChI is InChI=1S/C16H22N2O5S/c1-17(2)24(21,22)14-6-4-5-13(11-14)15(19)18-9-7-12(8-10-18)16(20)23-3/h4-6,11-12H,7-10H2,1-3H3. The molecule has 1 aromatic carbocycles. The topological polar surface area (TPSA) is 84.0 Å². The molecule has 132 valence electrons. The second-order valence-electron chi connectivity index (χ2n) is 5.90. The van der Waals surface area contributed by atoms with Gasteiger partial charge in [0, 0.05) is 32.7 Å². The molecule has 0 radical (unpaired) electrons. The molecule has 7 nitrogen and oxygen atoms in total. The molecule has 8 heteroatoms. The van der Waals surface area contributed by atoms with E-state index in [1.165, 1.54) is 33.3 Å². The minimum absolute atomic E-state index is 0.0859. The molecule has 0 spiro atoms. The van der Waals surface area contributed by atoms with Crippen molar-refractivity contribution in [2.45, 2.75) is 17.7 Å². The predicted molar refractivity (Wildman–Crippen MR) is 88.0 cm³/mol. The Hall–Kier alpha value is -1.93. The molecule has 2 rings (SSSR count). The Morgan fingerprint density at radius 3 is 2.38 bits per heavy atom. The number of sulfonamides is 1. The van der Waals surface area contributed by atoms with Crippen LogP contribution in [0.4, 0.5) is 0 Å². The Bertz CT molecular complexity index is 722. The van der Waals surface area contributed by atoms with Crippen molar-refractivity contribution in [2.24, 2.45) is 5.92 Å². The molecular weight excluding hydrogens is 332 g/mol. The molecule has 0 unspecified atom stereocenters. The van der Waals surface area contributed by atoms with E-state index in [1.807, 2.05) is 0 Å². The third-order valence-corrected chi connectivity index (χ3v) is 5.99. The van der Waals surface area contributed by atoms with Crippen LogP contribution in [-0.2, 0) is 19.6 Å². The third kappa shape index (κ3) is 3.76. The third-order valence-electron chi connectivity index (χ3n) is 4.18. The first-order valence-electron chi connectivity index (χ1n) is 7.67. The van der Waals surface area contributed by atoms with Gasteiger partial charge in [-0.1, -0.05) is 6.07 Å². The number of ether oxygens (including phenoxy) is 1. The number of benzene rings is 1. The number of likely N-dealkylation sites (tertiary alicyclic amines) is 1. The number of hydrogen-bond donors (Lipinski definition) is 0. The minimum atomic E-state index is -3.59. The SMILES string of the molecule is COC(=O)C1CCN(C(=O)c2cccc(S(=O)(=O)N(C)C)c2)CC1. The second-order valence-corrected chi connectivity index (χ2v) is 8.06. The molecule has 0 saturated carbocycles. The van der Waals surface area contributed by atoms with Gasteiger partial charge in [0.05, 0.1) is 17.9 Å². The maximum Gasteiger partial charge on any atom is 0.308 e. The molecule has 1 fully saturated rings. The number of nitrogens with zero attached hydrogens (tertiary/aromatic N) is 2. The summed E-state index contributed by atoms with van der Waals surface area (Å²) in [5.41, 5.74) is 0.328. The summed E-state index contributed by atoms with van der Waals surface area (Å²) in [5, 5.41) is 0. The zero-order valence-electron chi connectivity index (χ0n) is 14.1. The first-order chi connectivity index (χ1) is 11.3. The summed E-state index contributed by atoms with van der Waals surface area (Å²) in [7, 11) is 0.664. The zero-order valence-corrected chi connectivity index (χ0v) is 14.9. The van der Waals surface area contributed by atoms with Crippen LogP contribution < -0.4 is 0 Å². The van der Waals surface area contributed by atoms with Crippen molar-refractivity contribution in [1.82, 2.24) is 9.21 Å².